The Balaban J connectivity index is 1.86. The van der Waals surface area contributed by atoms with Crippen LogP contribution in [0.1, 0.15) is 56.2 Å². The highest BCUT2D eigenvalue weighted by atomic mass is 16.5. The summed E-state index contributed by atoms with van der Waals surface area (Å²) in [5.41, 5.74) is 3.16. The molecule has 1 aliphatic rings. The Hall–Kier alpha value is -1.88. The molecule has 1 saturated heterocycles. The second kappa shape index (κ2) is 6.71. The molecule has 3 rings (SSSR count). The minimum Gasteiger partial charge on any atom is -0.490 e. The summed E-state index contributed by atoms with van der Waals surface area (Å²) in [4.78, 5) is 4.60. The summed E-state index contributed by atoms with van der Waals surface area (Å²) in [6.45, 7) is 9.20. The van der Waals surface area contributed by atoms with E-state index in [1.807, 2.05) is 13.8 Å². The molecule has 1 fully saturated rings. The van der Waals surface area contributed by atoms with Gasteiger partial charge in [0, 0.05) is 5.56 Å². The fraction of sp³-hybridized carbons (Fsp3) is 0.556. The Morgan fingerprint density at radius 3 is 2.57 bits per heavy atom. The smallest absolute Gasteiger partial charge is 0.244 e. The summed E-state index contributed by atoms with van der Waals surface area (Å²) in [5, 5.41) is 7.60. The Bertz CT molecular complexity index is 650. The second-order valence-corrected chi connectivity index (χ2v) is 6.56. The fourth-order valence-corrected chi connectivity index (χ4v) is 3.06. The molecule has 1 aromatic heterocycles. The largest absolute Gasteiger partial charge is 0.490 e. The van der Waals surface area contributed by atoms with Crippen molar-refractivity contribution in [3.8, 4) is 17.1 Å². The highest BCUT2D eigenvalue weighted by Gasteiger charge is 2.22. The maximum atomic E-state index is 5.89. The Labute approximate surface area is 137 Å². The van der Waals surface area contributed by atoms with Crippen molar-refractivity contribution in [3.05, 3.63) is 29.2 Å². The van der Waals surface area contributed by atoms with Crippen LogP contribution >= 0.6 is 0 Å². The molecule has 1 aromatic carbocycles. The van der Waals surface area contributed by atoms with Gasteiger partial charge in [0.25, 0.3) is 0 Å². The van der Waals surface area contributed by atoms with Crippen molar-refractivity contribution in [2.75, 3.05) is 6.54 Å². The van der Waals surface area contributed by atoms with E-state index in [9.17, 15) is 0 Å². The third kappa shape index (κ3) is 3.55. The number of hydrogen-bond donors (Lipinski definition) is 1. The van der Waals surface area contributed by atoms with Crippen LogP contribution in [-0.2, 0) is 0 Å². The number of hydrogen-bond acceptors (Lipinski definition) is 5. The first kappa shape index (κ1) is 16.0. The third-order valence-electron chi connectivity index (χ3n) is 4.12. The van der Waals surface area contributed by atoms with Crippen LogP contribution in [0.2, 0.25) is 0 Å². The summed E-state index contributed by atoms with van der Waals surface area (Å²) >= 11 is 0. The summed E-state index contributed by atoms with van der Waals surface area (Å²) in [6, 6.07) is 4.32. The first-order chi connectivity index (χ1) is 11.0. The molecule has 0 bridgehead atoms. The number of ether oxygens (including phenoxy) is 1. The number of nitrogens with zero attached hydrogens (tertiary/aromatic N) is 2. The van der Waals surface area contributed by atoms with Crippen molar-refractivity contribution in [2.24, 2.45) is 0 Å². The van der Waals surface area contributed by atoms with Crippen molar-refractivity contribution in [1.29, 1.82) is 0 Å². The lowest BCUT2D eigenvalue weighted by Crippen LogP contribution is -2.26. The van der Waals surface area contributed by atoms with E-state index in [0.717, 1.165) is 35.4 Å². The molecule has 1 N–H and O–H groups in total. The quantitative estimate of drug-likeness (QED) is 0.925. The van der Waals surface area contributed by atoms with E-state index >= 15 is 0 Å². The molecule has 0 amide bonds. The van der Waals surface area contributed by atoms with E-state index < -0.39 is 0 Å². The van der Waals surface area contributed by atoms with Gasteiger partial charge in [-0.25, -0.2) is 0 Å². The summed E-state index contributed by atoms with van der Waals surface area (Å²) in [7, 11) is 0. The van der Waals surface area contributed by atoms with E-state index in [1.165, 1.54) is 12.8 Å². The summed E-state index contributed by atoms with van der Waals surface area (Å²) in [6.07, 6.45) is 3.63. The van der Waals surface area contributed by atoms with Gasteiger partial charge in [-0.2, -0.15) is 4.98 Å². The monoisotopic (exact) mass is 315 g/mol. The molecule has 2 heterocycles. The molecular formula is C18H25N3O2. The SMILES string of the molecule is Cc1cc(-c2noc([C@@H]3CCCCN3)n2)cc(C)c1OC(C)C. The number of nitrogens with one attached hydrogen (secondary N) is 1. The number of aromatic nitrogens is 2. The van der Waals surface area contributed by atoms with Gasteiger partial charge in [-0.3, -0.25) is 0 Å². The van der Waals surface area contributed by atoms with Crippen LogP contribution in [0.5, 0.6) is 5.75 Å². The van der Waals surface area contributed by atoms with Crippen molar-refractivity contribution in [3.63, 3.8) is 0 Å². The highest BCUT2D eigenvalue weighted by Crippen LogP contribution is 2.30. The topological polar surface area (TPSA) is 60.2 Å². The van der Waals surface area contributed by atoms with Gasteiger partial charge >= 0.3 is 0 Å². The summed E-state index contributed by atoms with van der Waals surface area (Å²) < 4.78 is 11.4. The zero-order valence-corrected chi connectivity index (χ0v) is 14.3. The van der Waals surface area contributed by atoms with Gasteiger partial charge in [-0.05, 0) is 70.3 Å². The minimum atomic E-state index is 0.160. The Kier molecular flexibility index (Phi) is 4.66. The summed E-state index contributed by atoms with van der Waals surface area (Å²) in [5.74, 6) is 2.29. The predicted octanol–water partition coefficient (Wildman–Crippen LogP) is 3.96. The number of aryl methyl sites for hydroxylation is 2. The van der Waals surface area contributed by atoms with Crippen LogP contribution in [-0.4, -0.2) is 22.8 Å². The van der Waals surface area contributed by atoms with Crippen LogP contribution < -0.4 is 10.1 Å². The molecule has 0 saturated carbocycles. The van der Waals surface area contributed by atoms with Gasteiger partial charge in [-0.1, -0.05) is 11.6 Å². The van der Waals surface area contributed by atoms with E-state index in [1.54, 1.807) is 0 Å². The van der Waals surface area contributed by atoms with Gasteiger partial charge in [-0.15, -0.1) is 0 Å². The van der Waals surface area contributed by atoms with Gasteiger partial charge in [0.2, 0.25) is 11.7 Å². The van der Waals surface area contributed by atoms with Crippen LogP contribution in [0, 0.1) is 13.8 Å². The molecule has 1 atom stereocenters. The average molecular weight is 315 g/mol. The van der Waals surface area contributed by atoms with Gasteiger partial charge in [0.15, 0.2) is 0 Å². The molecule has 5 nitrogen and oxygen atoms in total. The van der Waals surface area contributed by atoms with Crippen molar-refractivity contribution >= 4 is 0 Å². The predicted molar refractivity (Wildman–Crippen MR) is 89.6 cm³/mol. The minimum absolute atomic E-state index is 0.160. The lowest BCUT2D eigenvalue weighted by Gasteiger charge is -2.19. The molecule has 0 radical (unpaired) electrons. The maximum Gasteiger partial charge on any atom is 0.244 e. The molecule has 0 unspecified atom stereocenters. The highest BCUT2D eigenvalue weighted by molar-refractivity contribution is 5.61. The first-order valence-electron chi connectivity index (χ1n) is 8.40. The number of rotatable bonds is 4. The number of piperidine rings is 1. The lowest BCUT2D eigenvalue weighted by atomic mass is 10.0. The number of benzene rings is 1. The molecular weight excluding hydrogens is 290 g/mol. The standard InChI is InChI=1S/C18H25N3O2/c1-11(2)22-16-12(3)9-14(10-13(16)4)17-20-18(23-21-17)15-7-5-6-8-19-15/h9-11,15,19H,5-8H2,1-4H3/t15-/m0/s1. The van der Waals surface area contributed by atoms with Crippen LogP contribution in [0.15, 0.2) is 16.7 Å². The van der Waals surface area contributed by atoms with Crippen molar-refractivity contribution in [1.82, 2.24) is 15.5 Å². The van der Waals surface area contributed by atoms with Gasteiger partial charge < -0.3 is 14.6 Å². The van der Waals surface area contributed by atoms with Crippen LogP contribution in [0.4, 0.5) is 0 Å². The third-order valence-corrected chi connectivity index (χ3v) is 4.12. The molecule has 0 aliphatic carbocycles. The second-order valence-electron chi connectivity index (χ2n) is 6.56. The Morgan fingerprint density at radius 2 is 1.96 bits per heavy atom. The van der Waals surface area contributed by atoms with E-state index in [0.29, 0.717) is 11.7 Å². The molecule has 1 aliphatic heterocycles. The molecule has 23 heavy (non-hydrogen) atoms. The first-order valence-corrected chi connectivity index (χ1v) is 8.40. The fourth-order valence-electron chi connectivity index (χ4n) is 3.06. The van der Waals surface area contributed by atoms with E-state index in [-0.39, 0.29) is 12.1 Å². The maximum absolute atomic E-state index is 5.89. The zero-order valence-electron chi connectivity index (χ0n) is 14.3. The Morgan fingerprint density at radius 1 is 1.22 bits per heavy atom. The van der Waals surface area contributed by atoms with Crippen molar-refractivity contribution in [2.45, 2.75) is 59.1 Å². The van der Waals surface area contributed by atoms with E-state index in [2.05, 4.69) is 41.4 Å². The average Bonchev–Trinajstić information content (AvgIpc) is 3.01. The van der Waals surface area contributed by atoms with E-state index in [4.69, 9.17) is 9.26 Å². The molecule has 2 aromatic rings. The normalized spacial score (nSPS) is 18.4. The van der Waals surface area contributed by atoms with Crippen LogP contribution in [0.25, 0.3) is 11.4 Å². The zero-order chi connectivity index (χ0) is 16.4. The van der Waals surface area contributed by atoms with Crippen molar-refractivity contribution < 1.29 is 9.26 Å². The van der Waals surface area contributed by atoms with Gasteiger partial charge in [0.1, 0.15) is 5.75 Å². The van der Waals surface area contributed by atoms with Gasteiger partial charge in [0.05, 0.1) is 12.1 Å². The molecule has 0 spiro atoms. The molecule has 5 heteroatoms. The van der Waals surface area contributed by atoms with Crippen LogP contribution in [0.3, 0.4) is 0 Å². The lowest BCUT2D eigenvalue weighted by molar-refractivity contribution is 0.239. The molecule has 124 valence electrons.